The van der Waals surface area contributed by atoms with E-state index in [2.05, 4.69) is 22.8 Å². The van der Waals surface area contributed by atoms with E-state index in [1.807, 2.05) is 45.9 Å². The topological polar surface area (TPSA) is 98.7 Å². The molecule has 0 spiro atoms. The lowest BCUT2D eigenvalue weighted by atomic mass is 9.81. The minimum atomic E-state index is -0.804. The first kappa shape index (κ1) is 26.3. The molecular formula is C31H39N3O4. The van der Waals surface area contributed by atoms with Crippen LogP contribution in [-0.4, -0.2) is 39.8 Å². The lowest BCUT2D eigenvalue weighted by Crippen LogP contribution is -2.57. The smallest absolute Gasteiger partial charge is 0.246 e. The Balaban J connectivity index is 1.51. The van der Waals surface area contributed by atoms with Gasteiger partial charge in [-0.15, -0.1) is 0 Å². The maximum absolute atomic E-state index is 14.2. The van der Waals surface area contributed by atoms with Gasteiger partial charge in [0.05, 0.1) is 12.1 Å². The van der Waals surface area contributed by atoms with Crippen molar-refractivity contribution in [2.75, 3.05) is 0 Å². The number of hydrogen-bond acceptors (Lipinski definition) is 4. The maximum atomic E-state index is 14.2. The standard InChI is InChI=1S/C31H39N3O4/c1-5-18(2)28(36)33-25-16-20-15-21(35)13-14-23(20)26-17-31(3,4)27(34(26)30(25)38)29(37)32-24-12-8-10-19-9-6-7-11-22(19)24/h6-7,9,11,13-15,18,24-27,35H,5,8,10,12,16-17H2,1-4H3,(H,32,37)(H,33,36)/t18-,24-,25+,26-,27?/m1/s1. The van der Waals surface area contributed by atoms with Gasteiger partial charge in [0.25, 0.3) is 0 Å². The number of carbonyl (C=O) groups is 3. The highest BCUT2D eigenvalue weighted by molar-refractivity contribution is 5.94. The van der Waals surface area contributed by atoms with Crippen molar-refractivity contribution >= 4 is 17.7 Å². The number of fused-ring (bicyclic) bond motifs is 4. The predicted molar refractivity (Wildman–Crippen MR) is 145 cm³/mol. The summed E-state index contributed by atoms with van der Waals surface area (Å²) in [7, 11) is 0. The van der Waals surface area contributed by atoms with Gasteiger partial charge in [-0.05, 0) is 71.9 Å². The van der Waals surface area contributed by atoms with Crippen molar-refractivity contribution in [2.45, 2.75) is 90.4 Å². The molecule has 0 bridgehead atoms. The van der Waals surface area contributed by atoms with E-state index in [-0.39, 0.29) is 47.9 Å². The quantitative estimate of drug-likeness (QED) is 0.549. The van der Waals surface area contributed by atoms with Gasteiger partial charge < -0.3 is 20.6 Å². The highest BCUT2D eigenvalue weighted by Crippen LogP contribution is 2.50. The van der Waals surface area contributed by atoms with Gasteiger partial charge >= 0.3 is 0 Å². The molecular weight excluding hydrogens is 478 g/mol. The summed E-state index contributed by atoms with van der Waals surface area (Å²) in [6.07, 6.45) is 4.43. The molecule has 1 aliphatic carbocycles. The fraction of sp³-hybridized carbons (Fsp3) is 0.516. The van der Waals surface area contributed by atoms with Crippen LogP contribution < -0.4 is 10.6 Å². The Kier molecular flexibility index (Phi) is 6.97. The van der Waals surface area contributed by atoms with Crippen LogP contribution in [0.2, 0.25) is 0 Å². The van der Waals surface area contributed by atoms with Crippen LogP contribution in [0.5, 0.6) is 5.75 Å². The number of hydrogen-bond donors (Lipinski definition) is 3. The molecule has 38 heavy (non-hydrogen) atoms. The minimum Gasteiger partial charge on any atom is -0.508 e. The van der Waals surface area contributed by atoms with Crippen LogP contribution in [0.15, 0.2) is 42.5 Å². The number of phenolic OH excluding ortho intramolecular Hbond substituents is 1. The first-order valence-corrected chi connectivity index (χ1v) is 13.9. The summed E-state index contributed by atoms with van der Waals surface area (Å²) in [5.41, 5.74) is 3.69. The van der Waals surface area contributed by atoms with Crippen LogP contribution in [0, 0.1) is 11.3 Å². The lowest BCUT2D eigenvalue weighted by molar-refractivity contribution is -0.145. The summed E-state index contributed by atoms with van der Waals surface area (Å²) in [5, 5.41) is 16.5. The number of nitrogens with zero attached hydrogens (tertiary/aromatic N) is 1. The van der Waals surface area contributed by atoms with E-state index in [9.17, 15) is 19.5 Å². The summed E-state index contributed by atoms with van der Waals surface area (Å²) < 4.78 is 0. The van der Waals surface area contributed by atoms with Crippen LogP contribution in [0.25, 0.3) is 0 Å². The number of amides is 3. The fourth-order valence-corrected chi connectivity index (χ4v) is 6.63. The van der Waals surface area contributed by atoms with Crippen molar-refractivity contribution in [2.24, 2.45) is 11.3 Å². The van der Waals surface area contributed by atoms with Crippen LogP contribution >= 0.6 is 0 Å². The van der Waals surface area contributed by atoms with Gasteiger partial charge in [-0.3, -0.25) is 14.4 Å². The summed E-state index contributed by atoms with van der Waals surface area (Å²) >= 11 is 0. The third-order valence-corrected chi connectivity index (χ3v) is 8.85. The normalized spacial score (nSPS) is 26.4. The highest BCUT2D eigenvalue weighted by Gasteiger charge is 2.55. The van der Waals surface area contributed by atoms with Gasteiger partial charge in [0, 0.05) is 12.3 Å². The second-order valence-electron chi connectivity index (χ2n) is 12.0. The molecule has 0 saturated carbocycles. The predicted octanol–water partition coefficient (Wildman–Crippen LogP) is 4.34. The van der Waals surface area contributed by atoms with Crippen LogP contribution in [0.4, 0.5) is 0 Å². The Morgan fingerprint density at radius 1 is 1.08 bits per heavy atom. The van der Waals surface area contributed by atoms with Gasteiger partial charge in [-0.1, -0.05) is 58.0 Å². The molecule has 3 aliphatic rings. The Morgan fingerprint density at radius 3 is 2.61 bits per heavy atom. The number of nitrogens with one attached hydrogen (secondary N) is 2. The van der Waals surface area contributed by atoms with E-state index in [4.69, 9.17) is 0 Å². The van der Waals surface area contributed by atoms with Crippen LogP contribution in [-0.2, 0) is 27.2 Å². The van der Waals surface area contributed by atoms with Crippen molar-refractivity contribution in [1.29, 1.82) is 0 Å². The second kappa shape index (κ2) is 10.1. The Morgan fingerprint density at radius 2 is 1.84 bits per heavy atom. The average molecular weight is 518 g/mol. The summed E-state index contributed by atoms with van der Waals surface area (Å²) in [4.78, 5) is 42.9. The molecule has 202 valence electrons. The lowest BCUT2D eigenvalue weighted by Gasteiger charge is -2.36. The second-order valence-corrected chi connectivity index (χ2v) is 12.0. The number of aryl methyl sites for hydroxylation is 1. The molecule has 0 radical (unpaired) electrons. The Hall–Kier alpha value is -3.35. The number of rotatable bonds is 5. The van der Waals surface area contributed by atoms with E-state index >= 15 is 0 Å². The molecule has 1 unspecified atom stereocenters. The highest BCUT2D eigenvalue weighted by atomic mass is 16.3. The van der Waals surface area contributed by atoms with Crippen molar-refractivity contribution in [3.8, 4) is 5.75 Å². The van der Waals surface area contributed by atoms with Crippen LogP contribution in [0.1, 0.15) is 87.7 Å². The van der Waals surface area contributed by atoms with Crippen molar-refractivity contribution in [1.82, 2.24) is 15.5 Å². The van der Waals surface area contributed by atoms with E-state index in [1.165, 1.54) is 5.56 Å². The molecule has 0 aromatic heterocycles. The average Bonchev–Trinajstić information content (AvgIpc) is 3.13. The number of phenols is 1. The van der Waals surface area contributed by atoms with E-state index in [0.717, 1.165) is 36.0 Å². The fourth-order valence-electron chi connectivity index (χ4n) is 6.63. The third-order valence-electron chi connectivity index (χ3n) is 8.85. The SMILES string of the molecule is CC[C@@H](C)C(=O)N[C@H]1Cc2cc(O)ccc2[C@H]2CC(C)(C)C(C(=O)N[C@@H]3CCCc4ccccc43)N2C1=O. The monoisotopic (exact) mass is 517 g/mol. The van der Waals surface area contributed by atoms with Gasteiger partial charge in [0.1, 0.15) is 17.8 Å². The minimum absolute atomic E-state index is 0.0884. The molecule has 7 nitrogen and oxygen atoms in total. The van der Waals surface area contributed by atoms with Gasteiger partial charge in [0.2, 0.25) is 17.7 Å². The van der Waals surface area contributed by atoms with E-state index < -0.39 is 17.5 Å². The van der Waals surface area contributed by atoms with E-state index in [0.29, 0.717) is 12.8 Å². The van der Waals surface area contributed by atoms with Gasteiger partial charge in [0.15, 0.2) is 0 Å². The first-order chi connectivity index (χ1) is 18.1. The third kappa shape index (κ3) is 4.67. The van der Waals surface area contributed by atoms with Crippen LogP contribution in [0.3, 0.4) is 0 Å². The molecule has 5 atom stereocenters. The summed E-state index contributed by atoms with van der Waals surface area (Å²) in [6, 6.07) is 11.6. The molecule has 3 amide bonds. The zero-order valence-electron chi connectivity index (χ0n) is 22.8. The number of carbonyl (C=O) groups excluding carboxylic acids is 3. The Labute approximate surface area is 225 Å². The molecule has 2 aromatic carbocycles. The van der Waals surface area contributed by atoms with Crippen molar-refractivity contribution in [3.63, 3.8) is 0 Å². The summed E-state index contributed by atoms with van der Waals surface area (Å²) in [5.74, 6) is -0.673. The molecule has 1 fully saturated rings. The number of benzene rings is 2. The number of aromatic hydroxyl groups is 1. The summed E-state index contributed by atoms with van der Waals surface area (Å²) in [6.45, 7) is 7.87. The molecule has 5 rings (SSSR count). The van der Waals surface area contributed by atoms with Crippen molar-refractivity contribution in [3.05, 3.63) is 64.7 Å². The zero-order valence-corrected chi connectivity index (χ0v) is 22.8. The van der Waals surface area contributed by atoms with Crippen molar-refractivity contribution < 1.29 is 19.5 Å². The molecule has 7 heteroatoms. The van der Waals surface area contributed by atoms with E-state index in [1.54, 1.807) is 17.0 Å². The molecule has 3 N–H and O–H groups in total. The van der Waals surface area contributed by atoms with Gasteiger partial charge in [-0.2, -0.15) is 0 Å². The Bertz CT molecular complexity index is 1260. The zero-order chi connectivity index (χ0) is 27.2. The molecule has 2 heterocycles. The molecule has 1 saturated heterocycles. The molecule has 2 aromatic rings. The largest absolute Gasteiger partial charge is 0.508 e. The maximum Gasteiger partial charge on any atom is 0.246 e. The van der Waals surface area contributed by atoms with Gasteiger partial charge in [-0.25, -0.2) is 0 Å². The first-order valence-electron chi connectivity index (χ1n) is 13.9. The molecule has 2 aliphatic heterocycles.